The molecule has 1 aromatic carbocycles. The van der Waals surface area contributed by atoms with E-state index in [1.807, 2.05) is 48.4 Å². The van der Waals surface area contributed by atoms with Crippen LogP contribution in [0.5, 0.6) is 0 Å². The van der Waals surface area contributed by atoms with Gasteiger partial charge in [0.1, 0.15) is 0 Å². The zero-order valence-electron chi connectivity index (χ0n) is 11.6. The molecule has 0 spiro atoms. The number of aromatic amines is 1. The van der Waals surface area contributed by atoms with Gasteiger partial charge in [0.05, 0.1) is 6.04 Å². The lowest BCUT2D eigenvalue weighted by Crippen LogP contribution is -2.30. The number of carbonyl (C=O) groups excluding carboxylic acids is 1. The maximum Gasteiger partial charge on any atom is 0.254 e. The lowest BCUT2D eigenvalue weighted by atomic mass is 10.1. The highest BCUT2D eigenvalue weighted by molar-refractivity contribution is 5.95. The van der Waals surface area contributed by atoms with E-state index in [1.165, 1.54) is 0 Å². The van der Waals surface area contributed by atoms with Crippen LogP contribution in [-0.4, -0.2) is 22.3 Å². The van der Waals surface area contributed by atoms with Gasteiger partial charge in [0.25, 0.3) is 5.91 Å². The molecule has 1 aromatic heterocycles. The van der Waals surface area contributed by atoms with Gasteiger partial charge < -0.3 is 15.6 Å². The summed E-state index contributed by atoms with van der Waals surface area (Å²) in [6.45, 7) is 2.74. The summed E-state index contributed by atoms with van der Waals surface area (Å²) in [7, 11) is 0. The van der Waals surface area contributed by atoms with Crippen LogP contribution in [0.15, 0.2) is 36.5 Å². The van der Waals surface area contributed by atoms with Crippen molar-refractivity contribution in [3.05, 3.63) is 53.3 Å². The Morgan fingerprint density at radius 3 is 2.95 bits per heavy atom. The third-order valence-electron chi connectivity index (χ3n) is 4.01. The number of aromatic nitrogens is 1. The van der Waals surface area contributed by atoms with Gasteiger partial charge in [-0.05, 0) is 55.7 Å². The molecule has 1 aliphatic heterocycles. The van der Waals surface area contributed by atoms with Crippen molar-refractivity contribution in [2.75, 3.05) is 12.3 Å². The van der Waals surface area contributed by atoms with E-state index >= 15 is 0 Å². The first kappa shape index (κ1) is 12.8. The van der Waals surface area contributed by atoms with E-state index in [2.05, 4.69) is 4.98 Å². The molecule has 104 valence electrons. The summed E-state index contributed by atoms with van der Waals surface area (Å²) in [4.78, 5) is 17.9. The standard InChI is InChI=1S/C16H19N3O/c1-11-10-12(6-7-13(11)17)16(20)19-9-3-5-15(19)14-4-2-8-18-14/h2,4,6-8,10,15,18H,3,5,9,17H2,1H3. The summed E-state index contributed by atoms with van der Waals surface area (Å²) in [6, 6.07) is 9.68. The predicted molar refractivity (Wildman–Crippen MR) is 79.4 cm³/mol. The number of carbonyl (C=O) groups is 1. The minimum atomic E-state index is 0.0881. The second-order valence-electron chi connectivity index (χ2n) is 5.35. The lowest BCUT2D eigenvalue weighted by molar-refractivity contribution is 0.0733. The number of amides is 1. The van der Waals surface area contributed by atoms with Gasteiger partial charge in [-0.25, -0.2) is 0 Å². The molecule has 4 nitrogen and oxygen atoms in total. The molecule has 2 aromatic rings. The first-order valence-electron chi connectivity index (χ1n) is 6.97. The number of nitrogens with one attached hydrogen (secondary N) is 1. The van der Waals surface area contributed by atoms with Crippen LogP contribution >= 0.6 is 0 Å². The lowest BCUT2D eigenvalue weighted by Gasteiger charge is -2.24. The molecule has 3 rings (SSSR count). The number of nitrogen functional groups attached to an aromatic ring is 1. The van der Waals surface area contributed by atoms with Crippen molar-refractivity contribution in [2.24, 2.45) is 0 Å². The van der Waals surface area contributed by atoms with Gasteiger partial charge in [-0.1, -0.05) is 0 Å². The van der Waals surface area contributed by atoms with E-state index in [4.69, 9.17) is 5.73 Å². The third-order valence-corrected chi connectivity index (χ3v) is 4.01. The largest absolute Gasteiger partial charge is 0.399 e. The molecule has 1 fully saturated rings. The van der Waals surface area contributed by atoms with Gasteiger partial charge in [0.15, 0.2) is 0 Å². The van der Waals surface area contributed by atoms with Gasteiger partial charge in [0, 0.05) is 29.7 Å². The van der Waals surface area contributed by atoms with Crippen LogP contribution in [0.3, 0.4) is 0 Å². The normalized spacial score (nSPS) is 18.4. The van der Waals surface area contributed by atoms with Crippen LogP contribution in [0, 0.1) is 6.92 Å². The minimum absolute atomic E-state index is 0.0881. The average Bonchev–Trinajstić information content (AvgIpc) is 3.10. The highest BCUT2D eigenvalue weighted by Gasteiger charge is 2.31. The number of anilines is 1. The molecular weight excluding hydrogens is 250 g/mol. The number of nitrogens with zero attached hydrogens (tertiary/aromatic N) is 1. The van der Waals surface area contributed by atoms with Gasteiger partial charge in [-0.15, -0.1) is 0 Å². The van der Waals surface area contributed by atoms with Gasteiger partial charge in [-0.3, -0.25) is 4.79 Å². The monoisotopic (exact) mass is 269 g/mol. The molecule has 0 saturated carbocycles. The number of likely N-dealkylation sites (tertiary alicyclic amines) is 1. The average molecular weight is 269 g/mol. The van der Waals surface area contributed by atoms with Gasteiger partial charge >= 0.3 is 0 Å². The van der Waals surface area contributed by atoms with Crippen molar-refractivity contribution < 1.29 is 4.79 Å². The fourth-order valence-corrected chi connectivity index (χ4v) is 2.86. The molecule has 4 heteroatoms. The first-order chi connectivity index (χ1) is 9.66. The molecule has 2 heterocycles. The Bertz CT molecular complexity index is 619. The fraction of sp³-hybridized carbons (Fsp3) is 0.312. The minimum Gasteiger partial charge on any atom is -0.399 e. The van der Waals surface area contributed by atoms with E-state index in [0.29, 0.717) is 0 Å². The summed E-state index contributed by atoms with van der Waals surface area (Å²) in [5.41, 5.74) is 9.32. The van der Waals surface area contributed by atoms with Gasteiger partial charge in [0.2, 0.25) is 0 Å². The Hall–Kier alpha value is -2.23. The highest BCUT2D eigenvalue weighted by Crippen LogP contribution is 2.32. The molecule has 0 aliphatic carbocycles. The zero-order valence-corrected chi connectivity index (χ0v) is 11.6. The predicted octanol–water partition coefficient (Wildman–Crippen LogP) is 2.88. The Morgan fingerprint density at radius 2 is 2.25 bits per heavy atom. The van der Waals surface area contributed by atoms with E-state index in [9.17, 15) is 4.79 Å². The number of rotatable bonds is 2. The maximum absolute atomic E-state index is 12.7. The zero-order chi connectivity index (χ0) is 14.1. The van der Waals surface area contributed by atoms with E-state index < -0.39 is 0 Å². The second kappa shape index (κ2) is 5.04. The molecular formula is C16H19N3O. The van der Waals surface area contributed by atoms with Crippen molar-refractivity contribution in [3.63, 3.8) is 0 Å². The first-order valence-corrected chi connectivity index (χ1v) is 6.97. The molecule has 1 amide bonds. The highest BCUT2D eigenvalue weighted by atomic mass is 16.2. The molecule has 3 N–H and O–H groups in total. The molecule has 1 aliphatic rings. The van der Waals surface area contributed by atoms with Crippen molar-refractivity contribution in [1.29, 1.82) is 0 Å². The smallest absolute Gasteiger partial charge is 0.254 e. The molecule has 1 saturated heterocycles. The summed E-state index contributed by atoms with van der Waals surface area (Å²) < 4.78 is 0. The Labute approximate surface area is 118 Å². The van der Waals surface area contributed by atoms with Crippen LogP contribution in [0.2, 0.25) is 0 Å². The molecule has 20 heavy (non-hydrogen) atoms. The van der Waals surface area contributed by atoms with Crippen LogP contribution in [0.25, 0.3) is 0 Å². The Balaban J connectivity index is 1.87. The maximum atomic E-state index is 12.7. The number of H-pyrrole nitrogens is 1. The number of hydrogen-bond acceptors (Lipinski definition) is 2. The van der Waals surface area contributed by atoms with Crippen LogP contribution in [-0.2, 0) is 0 Å². The van der Waals surface area contributed by atoms with Crippen molar-refractivity contribution in [1.82, 2.24) is 9.88 Å². The number of aryl methyl sites for hydroxylation is 1. The van der Waals surface area contributed by atoms with Crippen LogP contribution in [0.1, 0.15) is 40.5 Å². The van der Waals surface area contributed by atoms with E-state index in [-0.39, 0.29) is 11.9 Å². The van der Waals surface area contributed by atoms with E-state index in [1.54, 1.807) is 0 Å². The second-order valence-corrected chi connectivity index (χ2v) is 5.35. The van der Waals surface area contributed by atoms with Crippen molar-refractivity contribution in [2.45, 2.75) is 25.8 Å². The topological polar surface area (TPSA) is 62.1 Å². The summed E-state index contributed by atoms with van der Waals surface area (Å²) >= 11 is 0. The SMILES string of the molecule is Cc1cc(C(=O)N2CCCC2c2ccc[nH]2)ccc1N. The fourth-order valence-electron chi connectivity index (χ4n) is 2.86. The molecule has 0 bridgehead atoms. The van der Waals surface area contributed by atoms with Crippen molar-refractivity contribution >= 4 is 11.6 Å². The third kappa shape index (κ3) is 2.18. The quantitative estimate of drug-likeness (QED) is 0.823. The van der Waals surface area contributed by atoms with Crippen LogP contribution in [0.4, 0.5) is 5.69 Å². The van der Waals surface area contributed by atoms with Gasteiger partial charge in [-0.2, -0.15) is 0 Å². The summed E-state index contributed by atoms with van der Waals surface area (Å²) in [5.74, 6) is 0.0881. The Morgan fingerprint density at radius 1 is 1.40 bits per heavy atom. The number of hydrogen-bond donors (Lipinski definition) is 2. The molecule has 1 atom stereocenters. The van der Waals surface area contributed by atoms with Crippen LogP contribution < -0.4 is 5.73 Å². The molecule has 1 unspecified atom stereocenters. The number of benzene rings is 1. The molecule has 0 radical (unpaired) electrons. The number of nitrogens with two attached hydrogens (primary N) is 1. The Kier molecular flexibility index (Phi) is 3.22. The van der Waals surface area contributed by atoms with Crippen molar-refractivity contribution in [3.8, 4) is 0 Å². The summed E-state index contributed by atoms with van der Waals surface area (Å²) in [6.07, 6.45) is 3.97. The summed E-state index contributed by atoms with van der Waals surface area (Å²) in [5, 5.41) is 0. The van der Waals surface area contributed by atoms with E-state index in [0.717, 1.165) is 41.9 Å².